The highest BCUT2D eigenvalue weighted by molar-refractivity contribution is 7.12. The Morgan fingerprint density at radius 3 is 2.64 bits per heavy atom. The normalized spacial score (nSPS) is 17.6. The molecule has 2 aromatic rings. The molecule has 1 aliphatic rings. The summed E-state index contributed by atoms with van der Waals surface area (Å²) in [5.74, 6) is -1.28. The molecule has 0 aromatic carbocycles. The fourth-order valence-electron chi connectivity index (χ4n) is 2.86. The summed E-state index contributed by atoms with van der Waals surface area (Å²) in [5, 5.41) is 12.2. The molecule has 3 heterocycles. The third-order valence-electron chi connectivity index (χ3n) is 4.10. The molecule has 0 aliphatic carbocycles. The predicted octanol–water partition coefficient (Wildman–Crippen LogP) is 2.28. The van der Waals surface area contributed by atoms with Crippen molar-refractivity contribution in [2.24, 2.45) is 0 Å². The largest absolute Gasteiger partial charge is 0.503 e. The van der Waals surface area contributed by atoms with Crippen molar-refractivity contribution >= 4 is 23.0 Å². The molecule has 0 unspecified atom stereocenters. The number of pyridine rings is 1. The standard InChI is InChI=1S/C18H19N3O3S/c1-20(2)9-10-21-15(12-5-7-19-8-6-12)14(17(23)18(21)24)16(22)13-4-3-11-25-13/h3-8,11,15,23H,9-10H2,1-2H3/t15-/m1/s1. The highest BCUT2D eigenvalue weighted by atomic mass is 32.1. The minimum Gasteiger partial charge on any atom is -0.503 e. The number of likely N-dealkylation sites (N-methyl/N-ethyl adjacent to an activating group) is 1. The Hall–Kier alpha value is -2.51. The van der Waals surface area contributed by atoms with Crippen molar-refractivity contribution in [3.05, 3.63) is 63.8 Å². The van der Waals surface area contributed by atoms with Crippen molar-refractivity contribution in [2.75, 3.05) is 27.2 Å². The summed E-state index contributed by atoms with van der Waals surface area (Å²) in [7, 11) is 3.82. The van der Waals surface area contributed by atoms with E-state index < -0.39 is 17.7 Å². The van der Waals surface area contributed by atoms with Crippen LogP contribution in [0.15, 0.2) is 53.4 Å². The number of rotatable bonds is 6. The minimum absolute atomic E-state index is 0.136. The van der Waals surface area contributed by atoms with E-state index in [1.807, 2.05) is 19.0 Å². The molecule has 1 atom stereocenters. The average molecular weight is 357 g/mol. The Balaban J connectivity index is 2.04. The first-order chi connectivity index (χ1) is 12.0. The highest BCUT2D eigenvalue weighted by Crippen LogP contribution is 2.39. The number of amides is 1. The van der Waals surface area contributed by atoms with E-state index in [4.69, 9.17) is 0 Å². The summed E-state index contributed by atoms with van der Waals surface area (Å²) >= 11 is 1.29. The van der Waals surface area contributed by atoms with Gasteiger partial charge in [-0.1, -0.05) is 6.07 Å². The predicted molar refractivity (Wildman–Crippen MR) is 95.5 cm³/mol. The summed E-state index contributed by atoms with van der Waals surface area (Å²) in [6, 6.07) is 6.40. The summed E-state index contributed by atoms with van der Waals surface area (Å²) < 4.78 is 0. The molecule has 0 saturated heterocycles. The van der Waals surface area contributed by atoms with Crippen molar-refractivity contribution in [3.8, 4) is 0 Å². The average Bonchev–Trinajstić information content (AvgIpc) is 3.22. The van der Waals surface area contributed by atoms with Gasteiger partial charge >= 0.3 is 0 Å². The lowest BCUT2D eigenvalue weighted by Crippen LogP contribution is -2.36. The summed E-state index contributed by atoms with van der Waals surface area (Å²) in [6.07, 6.45) is 3.24. The lowest BCUT2D eigenvalue weighted by atomic mass is 9.96. The molecule has 0 spiro atoms. The fourth-order valence-corrected chi connectivity index (χ4v) is 3.53. The van der Waals surface area contributed by atoms with Crippen LogP contribution in [0.4, 0.5) is 0 Å². The van der Waals surface area contributed by atoms with Crippen LogP contribution in [-0.4, -0.2) is 58.8 Å². The molecular weight excluding hydrogens is 338 g/mol. The van der Waals surface area contributed by atoms with Crippen molar-refractivity contribution in [1.29, 1.82) is 0 Å². The molecule has 1 aliphatic heterocycles. The maximum absolute atomic E-state index is 12.9. The minimum atomic E-state index is -0.606. The number of aliphatic hydroxyl groups is 1. The van der Waals surface area contributed by atoms with Crippen LogP contribution in [0.3, 0.4) is 0 Å². The zero-order valence-corrected chi connectivity index (χ0v) is 14.9. The van der Waals surface area contributed by atoms with Gasteiger partial charge in [0.25, 0.3) is 5.91 Å². The molecule has 0 fully saturated rings. The van der Waals surface area contributed by atoms with Crippen molar-refractivity contribution in [1.82, 2.24) is 14.8 Å². The van der Waals surface area contributed by atoms with Crippen LogP contribution in [0.5, 0.6) is 0 Å². The molecule has 1 amide bonds. The number of nitrogens with zero attached hydrogens (tertiary/aromatic N) is 3. The van der Waals surface area contributed by atoms with Gasteiger partial charge in [0.1, 0.15) is 0 Å². The number of hydrogen-bond acceptors (Lipinski definition) is 6. The van der Waals surface area contributed by atoms with E-state index in [1.165, 1.54) is 11.3 Å². The second kappa shape index (κ2) is 7.16. The zero-order valence-electron chi connectivity index (χ0n) is 14.0. The molecule has 0 radical (unpaired) electrons. The van der Waals surface area contributed by atoms with E-state index in [0.717, 1.165) is 5.56 Å². The van der Waals surface area contributed by atoms with Crippen LogP contribution in [0, 0.1) is 0 Å². The number of aliphatic hydroxyl groups excluding tert-OH is 1. The molecule has 1 N–H and O–H groups in total. The summed E-state index contributed by atoms with van der Waals surface area (Å²) in [5.41, 5.74) is 0.892. The second-order valence-corrected chi connectivity index (χ2v) is 7.00. The molecule has 0 bridgehead atoms. The monoisotopic (exact) mass is 357 g/mol. The molecule has 0 saturated carbocycles. The van der Waals surface area contributed by atoms with Gasteiger partial charge in [0.05, 0.1) is 16.5 Å². The van der Waals surface area contributed by atoms with Crippen LogP contribution in [0.2, 0.25) is 0 Å². The van der Waals surface area contributed by atoms with Crippen LogP contribution in [-0.2, 0) is 4.79 Å². The van der Waals surface area contributed by atoms with E-state index in [0.29, 0.717) is 18.0 Å². The molecule has 6 nitrogen and oxygen atoms in total. The number of aromatic nitrogens is 1. The number of Topliss-reactive ketones (excluding diaryl/α,β-unsaturated/α-hetero) is 1. The topological polar surface area (TPSA) is 73.7 Å². The second-order valence-electron chi connectivity index (χ2n) is 6.05. The van der Waals surface area contributed by atoms with Gasteiger partial charge in [-0.2, -0.15) is 0 Å². The summed E-state index contributed by atoms with van der Waals surface area (Å²) in [6.45, 7) is 1.03. The van der Waals surface area contributed by atoms with E-state index in [9.17, 15) is 14.7 Å². The molecule has 2 aromatic heterocycles. The Morgan fingerprint density at radius 1 is 1.32 bits per heavy atom. The maximum Gasteiger partial charge on any atom is 0.290 e. The first-order valence-corrected chi connectivity index (χ1v) is 8.75. The smallest absolute Gasteiger partial charge is 0.290 e. The van der Waals surface area contributed by atoms with E-state index in [2.05, 4.69) is 4.98 Å². The van der Waals surface area contributed by atoms with E-state index >= 15 is 0 Å². The third kappa shape index (κ3) is 3.33. The van der Waals surface area contributed by atoms with Gasteiger partial charge in [0.2, 0.25) is 5.78 Å². The van der Waals surface area contributed by atoms with Crippen LogP contribution < -0.4 is 0 Å². The summed E-state index contributed by atoms with van der Waals surface area (Å²) in [4.78, 5) is 33.5. The number of hydrogen-bond donors (Lipinski definition) is 1. The molecule has 130 valence electrons. The zero-order chi connectivity index (χ0) is 18.0. The Bertz CT molecular complexity index is 800. The van der Waals surface area contributed by atoms with Crippen molar-refractivity contribution in [2.45, 2.75) is 6.04 Å². The van der Waals surface area contributed by atoms with E-state index in [-0.39, 0.29) is 11.4 Å². The maximum atomic E-state index is 12.9. The quantitative estimate of drug-likeness (QED) is 0.803. The van der Waals surface area contributed by atoms with Gasteiger partial charge in [-0.15, -0.1) is 11.3 Å². The Kier molecular flexibility index (Phi) is 4.96. The third-order valence-corrected chi connectivity index (χ3v) is 4.97. The van der Waals surface area contributed by atoms with Crippen LogP contribution >= 0.6 is 11.3 Å². The van der Waals surface area contributed by atoms with Gasteiger partial charge in [0, 0.05) is 25.5 Å². The number of carbonyl (C=O) groups is 2. The van der Waals surface area contributed by atoms with Gasteiger partial charge < -0.3 is 14.9 Å². The number of ketones is 1. The number of thiophene rings is 1. The highest BCUT2D eigenvalue weighted by Gasteiger charge is 2.43. The van der Waals surface area contributed by atoms with Gasteiger partial charge in [0.15, 0.2) is 5.76 Å². The SMILES string of the molecule is CN(C)CCN1C(=O)C(O)=C(C(=O)c2cccs2)[C@H]1c1ccncc1. The first-order valence-electron chi connectivity index (χ1n) is 7.87. The Morgan fingerprint density at radius 2 is 2.04 bits per heavy atom. The van der Waals surface area contributed by atoms with Gasteiger partial charge in [-0.05, 0) is 43.2 Å². The lowest BCUT2D eigenvalue weighted by molar-refractivity contribution is -0.129. The first kappa shape index (κ1) is 17.3. The van der Waals surface area contributed by atoms with Gasteiger partial charge in [-0.25, -0.2) is 0 Å². The molecule has 25 heavy (non-hydrogen) atoms. The van der Waals surface area contributed by atoms with Crippen molar-refractivity contribution in [3.63, 3.8) is 0 Å². The fraction of sp³-hybridized carbons (Fsp3) is 0.278. The van der Waals surface area contributed by atoms with Crippen LogP contribution in [0.1, 0.15) is 21.3 Å². The molecular formula is C18H19N3O3S. The molecule has 3 rings (SSSR count). The van der Waals surface area contributed by atoms with Crippen molar-refractivity contribution < 1.29 is 14.7 Å². The van der Waals surface area contributed by atoms with Gasteiger partial charge in [-0.3, -0.25) is 14.6 Å². The van der Waals surface area contributed by atoms with Crippen LogP contribution in [0.25, 0.3) is 0 Å². The lowest BCUT2D eigenvalue weighted by Gasteiger charge is -2.27. The molecule has 7 heteroatoms. The number of carbonyl (C=O) groups excluding carboxylic acids is 2. The Labute approximate surface area is 150 Å². The van der Waals surface area contributed by atoms with E-state index in [1.54, 1.807) is 46.9 Å².